The molecule has 0 aliphatic rings. The van der Waals surface area contributed by atoms with E-state index >= 15 is 0 Å². The van der Waals surface area contributed by atoms with Crippen LogP contribution < -0.4 is 4.74 Å². The third-order valence-electron chi connectivity index (χ3n) is 2.84. The predicted octanol–water partition coefficient (Wildman–Crippen LogP) is 3.66. The molecule has 0 aliphatic carbocycles. The molecule has 0 amide bonds. The number of para-hydroxylation sites is 1. The molecule has 4 heteroatoms. The second-order valence-corrected chi connectivity index (χ2v) is 4.36. The summed E-state index contributed by atoms with van der Waals surface area (Å²) in [7, 11) is 1.66. The second-order valence-electron chi connectivity index (χ2n) is 3.92. The number of benzene rings is 1. The van der Waals surface area contributed by atoms with Gasteiger partial charge in [0.1, 0.15) is 11.6 Å². The fourth-order valence-corrected chi connectivity index (χ4v) is 2.17. The quantitative estimate of drug-likeness (QED) is 0.701. The largest absolute Gasteiger partial charge is 0.496 e. The maximum atomic E-state index is 5.97. The van der Waals surface area contributed by atoms with Crippen molar-refractivity contribution < 1.29 is 4.74 Å². The molecule has 0 unspecified atom stereocenters. The van der Waals surface area contributed by atoms with Gasteiger partial charge in [-0.15, -0.1) is 0 Å². The Kier molecular flexibility index (Phi) is 2.68. The van der Waals surface area contributed by atoms with E-state index < -0.39 is 0 Å². The molecule has 0 spiro atoms. The van der Waals surface area contributed by atoms with Gasteiger partial charge in [0, 0.05) is 11.2 Å². The van der Waals surface area contributed by atoms with E-state index in [4.69, 9.17) is 16.3 Å². The Morgan fingerprint density at radius 3 is 2.89 bits per heavy atom. The standard InChI is InChI=1S/C14H11ClN2O/c1-18-13-5-3-2-4-12(13)14-16-9-11-8-10(15)6-7-17(11)14/h2-9H,1H3. The maximum Gasteiger partial charge on any atom is 0.148 e. The minimum absolute atomic E-state index is 0.703. The Balaban J connectivity index is 2.26. The molecule has 2 heterocycles. The molecule has 2 aromatic heterocycles. The molecule has 0 atom stereocenters. The summed E-state index contributed by atoms with van der Waals surface area (Å²) in [6.07, 6.45) is 3.71. The number of fused-ring (bicyclic) bond motifs is 1. The molecule has 0 radical (unpaired) electrons. The average Bonchev–Trinajstić information content (AvgIpc) is 2.81. The smallest absolute Gasteiger partial charge is 0.148 e. The summed E-state index contributed by atoms with van der Waals surface area (Å²) >= 11 is 5.97. The van der Waals surface area contributed by atoms with E-state index in [1.807, 2.05) is 47.0 Å². The van der Waals surface area contributed by atoms with Gasteiger partial charge in [-0.1, -0.05) is 23.7 Å². The summed E-state index contributed by atoms with van der Waals surface area (Å²) in [5.74, 6) is 1.65. The Hall–Kier alpha value is -2.00. The Morgan fingerprint density at radius 1 is 1.22 bits per heavy atom. The van der Waals surface area contributed by atoms with E-state index in [0.29, 0.717) is 5.02 Å². The molecule has 0 saturated heterocycles. The minimum Gasteiger partial charge on any atom is -0.496 e. The summed E-state index contributed by atoms with van der Waals surface area (Å²) in [6, 6.07) is 11.5. The Labute approximate surface area is 110 Å². The number of nitrogens with zero attached hydrogens (tertiary/aromatic N) is 2. The van der Waals surface area contributed by atoms with Gasteiger partial charge in [-0.2, -0.15) is 0 Å². The van der Waals surface area contributed by atoms with Gasteiger partial charge in [0.15, 0.2) is 0 Å². The van der Waals surface area contributed by atoms with E-state index in [2.05, 4.69) is 4.98 Å². The molecular weight excluding hydrogens is 248 g/mol. The highest BCUT2D eigenvalue weighted by Gasteiger charge is 2.10. The van der Waals surface area contributed by atoms with E-state index in [0.717, 1.165) is 22.7 Å². The van der Waals surface area contributed by atoms with Crippen LogP contribution in [-0.4, -0.2) is 16.5 Å². The van der Waals surface area contributed by atoms with E-state index in [1.165, 1.54) is 0 Å². The summed E-state index contributed by atoms with van der Waals surface area (Å²) in [5.41, 5.74) is 1.92. The summed E-state index contributed by atoms with van der Waals surface area (Å²) in [6.45, 7) is 0. The lowest BCUT2D eigenvalue weighted by Gasteiger charge is -2.07. The fourth-order valence-electron chi connectivity index (χ4n) is 2.00. The average molecular weight is 259 g/mol. The van der Waals surface area contributed by atoms with E-state index in [-0.39, 0.29) is 0 Å². The molecule has 0 aliphatic heterocycles. The number of halogens is 1. The van der Waals surface area contributed by atoms with Gasteiger partial charge in [0.2, 0.25) is 0 Å². The van der Waals surface area contributed by atoms with Crippen molar-refractivity contribution in [2.75, 3.05) is 7.11 Å². The van der Waals surface area contributed by atoms with Gasteiger partial charge in [0.05, 0.1) is 24.4 Å². The third-order valence-corrected chi connectivity index (χ3v) is 3.08. The SMILES string of the molecule is COc1ccccc1-c1ncc2cc(Cl)ccn12. The molecule has 18 heavy (non-hydrogen) atoms. The molecule has 0 bridgehead atoms. The van der Waals surface area contributed by atoms with Crippen molar-refractivity contribution in [3.05, 3.63) is 53.8 Å². The van der Waals surface area contributed by atoms with Crippen LogP contribution in [0, 0.1) is 0 Å². The number of ether oxygens (including phenoxy) is 1. The lowest BCUT2D eigenvalue weighted by molar-refractivity contribution is 0.416. The van der Waals surface area contributed by atoms with Crippen molar-refractivity contribution in [3.63, 3.8) is 0 Å². The van der Waals surface area contributed by atoms with Gasteiger partial charge < -0.3 is 4.74 Å². The first kappa shape index (κ1) is 11.1. The lowest BCUT2D eigenvalue weighted by Crippen LogP contribution is -1.92. The van der Waals surface area contributed by atoms with Crippen molar-refractivity contribution in [2.45, 2.75) is 0 Å². The zero-order valence-corrected chi connectivity index (χ0v) is 10.6. The number of rotatable bonds is 2. The molecule has 0 fully saturated rings. The van der Waals surface area contributed by atoms with Gasteiger partial charge in [-0.3, -0.25) is 4.40 Å². The van der Waals surface area contributed by atoms with Crippen LogP contribution in [-0.2, 0) is 0 Å². The van der Waals surface area contributed by atoms with Crippen LogP contribution in [0.4, 0.5) is 0 Å². The molecular formula is C14H11ClN2O. The first-order valence-corrected chi connectivity index (χ1v) is 5.93. The molecule has 1 aromatic carbocycles. The van der Waals surface area contributed by atoms with Gasteiger partial charge in [-0.25, -0.2) is 4.98 Å². The van der Waals surface area contributed by atoms with Crippen LogP contribution in [0.1, 0.15) is 0 Å². The molecule has 0 saturated carbocycles. The van der Waals surface area contributed by atoms with Gasteiger partial charge >= 0.3 is 0 Å². The first-order valence-electron chi connectivity index (χ1n) is 5.55. The van der Waals surface area contributed by atoms with Crippen molar-refractivity contribution >= 4 is 17.1 Å². The second kappa shape index (κ2) is 4.35. The third kappa shape index (κ3) is 1.73. The van der Waals surface area contributed by atoms with Crippen LogP contribution >= 0.6 is 11.6 Å². The Morgan fingerprint density at radius 2 is 2.06 bits per heavy atom. The number of methoxy groups -OCH3 is 1. The van der Waals surface area contributed by atoms with Crippen LogP contribution in [0.15, 0.2) is 48.8 Å². The van der Waals surface area contributed by atoms with Crippen LogP contribution in [0.3, 0.4) is 0 Å². The predicted molar refractivity (Wildman–Crippen MR) is 72.2 cm³/mol. The van der Waals surface area contributed by atoms with Crippen LogP contribution in [0.2, 0.25) is 5.02 Å². The van der Waals surface area contributed by atoms with Crippen molar-refractivity contribution in [3.8, 4) is 17.1 Å². The van der Waals surface area contributed by atoms with E-state index in [9.17, 15) is 0 Å². The first-order chi connectivity index (χ1) is 8.79. The number of imidazole rings is 1. The fraction of sp³-hybridized carbons (Fsp3) is 0.0714. The molecule has 90 valence electrons. The minimum atomic E-state index is 0.703. The van der Waals surface area contributed by atoms with Gasteiger partial charge in [-0.05, 0) is 24.3 Å². The van der Waals surface area contributed by atoms with E-state index in [1.54, 1.807) is 13.3 Å². The Bertz CT molecular complexity index is 706. The number of pyridine rings is 1. The normalized spacial score (nSPS) is 10.8. The molecule has 3 rings (SSSR count). The highest BCUT2D eigenvalue weighted by molar-refractivity contribution is 6.30. The molecule has 3 aromatic rings. The summed E-state index contributed by atoms with van der Waals surface area (Å²) in [4.78, 5) is 4.44. The van der Waals surface area contributed by atoms with Crippen LogP contribution in [0.5, 0.6) is 5.75 Å². The molecule has 3 nitrogen and oxygen atoms in total. The van der Waals surface area contributed by atoms with Crippen molar-refractivity contribution in [1.29, 1.82) is 0 Å². The zero-order chi connectivity index (χ0) is 12.5. The summed E-state index contributed by atoms with van der Waals surface area (Å²) in [5, 5.41) is 0.703. The van der Waals surface area contributed by atoms with Crippen LogP contribution in [0.25, 0.3) is 16.9 Å². The maximum absolute atomic E-state index is 5.97. The number of hydrogen-bond donors (Lipinski definition) is 0. The van der Waals surface area contributed by atoms with Gasteiger partial charge in [0.25, 0.3) is 0 Å². The highest BCUT2D eigenvalue weighted by Crippen LogP contribution is 2.29. The number of hydrogen-bond acceptors (Lipinski definition) is 2. The monoisotopic (exact) mass is 258 g/mol. The summed E-state index contributed by atoms with van der Waals surface area (Å²) < 4.78 is 7.35. The van der Waals surface area contributed by atoms with Crippen molar-refractivity contribution in [2.24, 2.45) is 0 Å². The topological polar surface area (TPSA) is 26.5 Å². The number of aromatic nitrogens is 2. The van der Waals surface area contributed by atoms with Crippen molar-refractivity contribution in [1.82, 2.24) is 9.38 Å². The lowest BCUT2D eigenvalue weighted by atomic mass is 10.2. The highest BCUT2D eigenvalue weighted by atomic mass is 35.5. The molecule has 0 N–H and O–H groups in total. The zero-order valence-electron chi connectivity index (χ0n) is 9.80.